The van der Waals surface area contributed by atoms with Crippen molar-refractivity contribution in [2.45, 2.75) is 32.4 Å². The Kier molecular flexibility index (Phi) is 3.15. The molecule has 4 heteroatoms. The standard InChI is InChI=1S/C13H17FN2O/c1-3-16-12(17)7-11(15)13(16)10-6-9(14)5-4-8(10)2/h4-6,11,13H,3,7,15H2,1-2H3. The van der Waals surface area contributed by atoms with Crippen LogP contribution in [0.4, 0.5) is 4.39 Å². The molecule has 1 heterocycles. The van der Waals surface area contributed by atoms with Crippen LogP contribution in [0.15, 0.2) is 18.2 Å². The minimum absolute atomic E-state index is 0.0497. The summed E-state index contributed by atoms with van der Waals surface area (Å²) in [7, 11) is 0. The highest BCUT2D eigenvalue weighted by molar-refractivity contribution is 5.80. The second-order valence-electron chi connectivity index (χ2n) is 4.49. The van der Waals surface area contributed by atoms with Crippen LogP contribution in [0.2, 0.25) is 0 Å². The number of nitrogens with two attached hydrogens (primary N) is 1. The van der Waals surface area contributed by atoms with Gasteiger partial charge in [0.15, 0.2) is 0 Å². The molecule has 1 saturated heterocycles. The van der Waals surface area contributed by atoms with E-state index in [9.17, 15) is 9.18 Å². The van der Waals surface area contributed by atoms with Gasteiger partial charge in [-0.15, -0.1) is 0 Å². The van der Waals surface area contributed by atoms with Crippen molar-refractivity contribution in [1.82, 2.24) is 4.90 Å². The molecule has 1 amide bonds. The number of likely N-dealkylation sites (tertiary alicyclic amines) is 1. The Balaban J connectivity index is 2.44. The van der Waals surface area contributed by atoms with Crippen LogP contribution in [0.5, 0.6) is 0 Å². The van der Waals surface area contributed by atoms with Crippen molar-refractivity contribution in [1.29, 1.82) is 0 Å². The molecule has 0 aliphatic carbocycles. The third-order valence-corrected chi connectivity index (χ3v) is 3.37. The van der Waals surface area contributed by atoms with Crippen molar-refractivity contribution in [2.24, 2.45) is 5.73 Å². The van der Waals surface area contributed by atoms with Crippen LogP contribution in [-0.2, 0) is 4.79 Å². The lowest BCUT2D eigenvalue weighted by atomic mass is 9.96. The van der Waals surface area contributed by atoms with Crippen LogP contribution < -0.4 is 5.73 Å². The first kappa shape index (κ1) is 12.0. The van der Waals surface area contributed by atoms with Gasteiger partial charge in [-0.05, 0) is 37.1 Å². The van der Waals surface area contributed by atoms with Crippen molar-refractivity contribution < 1.29 is 9.18 Å². The van der Waals surface area contributed by atoms with E-state index in [-0.39, 0.29) is 23.8 Å². The first-order chi connectivity index (χ1) is 8.04. The highest BCUT2D eigenvalue weighted by Gasteiger charge is 2.38. The molecule has 2 atom stereocenters. The summed E-state index contributed by atoms with van der Waals surface area (Å²) in [5, 5.41) is 0. The van der Waals surface area contributed by atoms with Crippen molar-refractivity contribution in [3.63, 3.8) is 0 Å². The number of carbonyl (C=O) groups excluding carboxylic acids is 1. The maximum Gasteiger partial charge on any atom is 0.224 e. The molecular weight excluding hydrogens is 219 g/mol. The Morgan fingerprint density at radius 1 is 1.53 bits per heavy atom. The molecule has 0 aromatic heterocycles. The summed E-state index contributed by atoms with van der Waals surface area (Å²) in [6.45, 7) is 4.43. The van der Waals surface area contributed by atoms with Gasteiger partial charge in [0.25, 0.3) is 0 Å². The lowest BCUT2D eigenvalue weighted by Crippen LogP contribution is -2.33. The average molecular weight is 236 g/mol. The normalized spacial score (nSPS) is 24.5. The Bertz CT molecular complexity index is 447. The molecule has 1 aromatic rings. The number of amides is 1. The van der Waals surface area contributed by atoms with E-state index in [2.05, 4.69) is 0 Å². The van der Waals surface area contributed by atoms with Gasteiger partial charge in [0.2, 0.25) is 5.91 Å². The molecule has 0 saturated carbocycles. The Labute approximate surface area is 100 Å². The second kappa shape index (κ2) is 4.45. The van der Waals surface area contributed by atoms with Crippen molar-refractivity contribution in [2.75, 3.05) is 6.54 Å². The van der Waals surface area contributed by atoms with E-state index < -0.39 is 0 Å². The fraction of sp³-hybridized carbons (Fsp3) is 0.462. The summed E-state index contributed by atoms with van der Waals surface area (Å²) in [6.07, 6.45) is 0.342. The number of rotatable bonds is 2. The first-order valence-electron chi connectivity index (χ1n) is 5.85. The third-order valence-electron chi connectivity index (χ3n) is 3.37. The summed E-state index contributed by atoms with van der Waals surface area (Å²) in [4.78, 5) is 13.5. The minimum atomic E-state index is -0.284. The largest absolute Gasteiger partial charge is 0.334 e. The number of nitrogens with zero attached hydrogens (tertiary/aromatic N) is 1. The highest BCUT2D eigenvalue weighted by atomic mass is 19.1. The smallest absolute Gasteiger partial charge is 0.224 e. The number of hydrogen-bond donors (Lipinski definition) is 1. The van der Waals surface area contributed by atoms with Crippen LogP contribution in [0.25, 0.3) is 0 Å². The predicted molar refractivity (Wildman–Crippen MR) is 63.9 cm³/mol. The van der Waals surface area contributed by atoms with Crippen LogP contribution in [0, 0.1) is 12.7 Å². The van der Waals surface area contributed by atoms with Crippen LogP contribution in [-0.4, -0.2) is 23.4 Å². The summed E-state index contributed by atoms with van der Waals surface area (Å²) in [5.74, 6) is -0.234. The van der Waals surface area contributed by atoms with E-state index in [0.717, 1.165) is 11.1 Å². The quantitative estimate of drug-likeness (QED) is 0.850. The number of hydrogen-bond acceptors (Lipinski definition) is 2. The molecule has 1 fully saturated rings. The van der Waals surface area contributed by atoms with Crippen molar-refractivity contribution >= 4 is 5.91 Å². The SMILES string of the molecule is CCN1C(=O)CC(N)C1c1cc(F)ccc1C. The zero-order valence-electron chi connectivity index (χ0n) is 10.1. The van der Waals surface area contributed by atoms with Crippen LogP contribution in [0.3, 0.4) is 0 Å². The van der Waals surface area contributed by atoms with E-state index in [1.807, 2.05) is 13.8 Å². The average Bonchev–Trinajstić information content (AvgIpc) is 2.56. The third kappa shape index (κ3) is 2.05. The topological polar surface area (TPSA) is 46.3 Å². The fourth-order valence-electron chi connectivity index (χ4n) is 2.52. The maximum absolute atomic E-state index is 13.3. The van der Waals surface area contributed by atoms with E-state index >= 15 is 0 Å². The van der Waals surface area contributed by atoms with E-state index in [4.69, 9.17) is 5.73 Å². The van der Waals surface area contributed by atoms with Gasteiger partial charge in [0.1, 0.15) is 5.82 Å². The Hall–Kier alpha value is -1.42. The van der Waals surface area contributed by atoms with Gasteiger partial charge in [-0.1, -0.05) is 6.07 Å². The van der Waals surface area contributed by atoms with Gasteiger partial charge >= 0.3 is 0 Å². The summed E-state index contributed by atoms with van der Waals surface area (Å²) in [6, 6.07) is 4.21. The fourth-order valence-corrected chi connectivity index (χ4v) is 2.52. The molecular formula is C13H17FN2O. The molecule has 1 aliphatic heterocycles. The predicted octanol–water partition coefficient (Wildman–Crippen LogP) is 1.75. The number of aryl methyl sites for hydroxylation is 1. The monoisotopic (exact) mass is 236 g/mol. The number of likely N-dealkylation sites (N-methyl/N-ethyl adjacent to an activating group) is 1. The zero-order valence-corrected chi connectivity index (χ0v) is 10.1. The lowest BCUT2D eigenvalue weighted by molar-refractivity contribution is -0.128. The van der Waals surface area contributed by atoms with Crippen molar-refractivity contribution in [3.8, 4) is 0 Å². The molecule has 17 heavy (non-hydrogen) atoms. The zero-order chi connectivity index (χ0) is 12.6. The Morgan fingerprint density at radius 2 is 2.24 bits per heavy atom. The molecule has 2 N–H and O–H groups in total. The first-order valence-corrected chi connectivity index (χ1v) is 5.85. The van der Waals surface area contributed by atoms with Gasteiger partial charge in [-0.3, -0.25) is 4.79 Å². The molecule has 0 bridgehead atoms. The lowest BCUT2D eigenvalue weighted by Gasteiger charge is -2.27. The van der Waals surface area contributed by atoms with Gasteiger partial charge in [0.05, 0.1) is 6.04 Å². The van der Waals surface area contributed by atoms with Gasteiger partial charge in [0, 0.05) is 19.0 Å². The molecule has 1 aliphatic rings. The highest BCUT2D eigenvalue weighted by Crippen LogP contribution is 2.33. The molecule has 2 rings (SSSR count). The van der Waals surface area contributed by atoms with E-state index in [0.29, 0.717) is 13.0 Å². The van der Waals surface area contributed by atoms with Crippen molar-refractivity contribution in [3.05, 3.63) is 35.1 Å². The number of halogens is 1. The molecule has 92 valence electrons. The number of carbonyl (C=O) groups is 1. The molecule has 0 spiro atoms. The molecule has 3 nitrogen and oxygen atoms in total. The van der Waals surface area contributed by atoms with Gasteiger partial charge in [-0.2, -0.15) is 0 Å². The number of benzene rings is 1. The van der Waals surface area contributed by atoms with E-state index in [1.54, 1.807) is 11.0 Å². The maximum atomic E-state index is 13.3. The molecule has 2 unspecified atom stereocenters. The van der Waals surface area contributed by atoms with Gasteiger partial charge < -0.3 is 10.6 Å². The molecule has 0 radical (unpaired) electrons. The van der Waals surface area contributed by atoms with Crippen LogP contribution >= 0.6 is 0 Å². The van der Waals surface area contributed by atoms with E-state index in [1.165, 1.54) is 12.1 Å². The summed E-state index contributed by atoms with van der Waals surface area (Å²) in [5.41, 5.74) is 7.80. The minimum Gasteiger partial charge on any atom is -0.334 e. The molecule has 1 aromatic carbocycles. The van der Waals surface area contributed by atoms with Gasteiger partial charge in [-0.25, -0.2) is 4.39 Å². The second-order valence-corrected chi connectivity index (χ2v) is 4.49. The summed E-state index contributed by atoms with van der Waals surface area (Å²) >= 11 is 0. The van der Waals surface area contributed by atoms with Crippen LogP contribution in [0.1, 0.15) is 30.5 Å². The summed E-state index contributed by atoms with van der Waals surface area (Å²) < 4.78 is 13.3. The Morgan fingerprint density at radius 3 is 2.88 bits per heavy atom.